The maximum Gasteiger partial charge on any atom is 0.258 e. The molecule has 1 saturated heterocycles. The van der Waals surface area contributed by atoms with Crippen LogP contribution in [-0.4, -0.2) is 72.1 Å². The Morgan fingerprint density at radius 2 is 1.64 bits per heavy atom. The Bertz CT molecular complexity index is 1690. The number of nitrogens with zero attached hydrogens (tertiary/aromatic N) is 5. The van der Waals surface area contributed by atoms with Crippen LogP contribution in [0.15, 0.2) is 60.8 Å². The maximum atomic E-state index is 14.9. The zero-order chi connectivity index (χ0) is 33.7. The van der Waals surface area contributed by atoms with E-state index in [4.69, 9.17) is 9.47 Å². The number of ether oxygens (including phenoxy) is 2. The van der Waals surface area contributed by atoms with Gasteiger partial charge in [-0.1, -0.05) is 19.9 Å². The van der Waals surface area contributed by atoms with Gasteiger partial charge < -0.3 is 24.6 Å². The van der Waals surface area contributed by atoms with E-state index in [0.29, 0.717) is 40.3 Å². The number of amides is 1. The molecule has 0 bridgehead atoms. The summed E-state index contributed by atoms with van der Waals surface area (Å²) in [6.45, 7) is 12.6. The molecule has 0 aliphatic carbocycles. The summed E-state index contributed by atoms with van der Waals surface area (Å²) in [5.41, 5.74) is 2.73. The number of nitrogens with one attached hydrogen (secondary N) is 1. The number of anilines is 3. The van der Waals surface area contributed by atoms with E-state index >= 15 is 0 Å². The predicted octanol–water partition coefficient (Wildman–Crippen LogP) is 6.90. The van der Waals surface area contributed by atoms with Crippen molar-refractivity contribution in [3.63, 3.8) is 0 Å². The summed E-state index contributed by atoms with van der Waals surface area (Å²) in [7, 11) is 3.13. The molecule has 0 saturated carbocycles. The van der Waals surface area contributed by atoms with Gasteiger partial charge in [0, 0.05) is 43.9 Å². The lowest BCUT2D eigenvalue weighted by Crippen LogP contribution is -2.48. The highest BCUT2D eigenvalue weighted by molar-refractivity contribution is 6.04. The molecule has 11 heteroatoms. The van der Waals surface area contributed by atoms with E-state index in [2.05, 4.69) is 38.9 Å². The van der Waals surface area contributed by atoms with Gasteiger partial charge in [0.1, 0.15) is 29.0 Å². The molecule has 1 amide bonds. The van der Waals surface area contributed by atoms with E-state index in [1.54, 1.807) is 37.4 Å². The van der Waals surface area contributed by atoms with E-state index in [0.717, 1.165) is 37.4 Å². The molecule has 0 unspecified atom stereocenters. The van der Waals surface area contributed by atoms with Gasteiger partial charge in [-0.3, -0.25) is 9.69 Å². The van der Waals surface area contributed by atoms with Crippen LogP contribution in [0.4, 0.5) is 26.0 Å². The second kappa shape index (κ2) is 14.8. The number of carbonyl (C=O) groups is 1. The summed E-state index contributed by atoms with van der Waals surface area (Å²) in [6, 6.07) is 14.9. The number of halogens is 2. The lowest BCUT2D eigenvalue weighted by molar-refractivity contribution is 0.0766. The normalized spacial score (nSPS) is 14.5. The third kappa shape index (κ3) is 7.15. The summed E-state index contributed by atoms with van der Waals surface area (Å²) in [6.07, 6.45) is 1.80. The topological polar surface area (TPSA) is 83.1 Å². The zero-order valence-electron chi connectivity index (χ0n) is 27.8. The molecule has 4 heterocycles. The monoisotopic (exact) mass is 644 g/mol. The number of pyridine rings is 2. The third-order valence-corrected chi connectivity index (χ3v) is 8.43. The quantitative estimate of drug-likeness (QED) is 0.211. The molecule has 1 fully saturated rings. The average Bonchev–Trinajstić information content (AvgIpc) is 3.40. The summed E-state index contributed by atoms with van der Waals surface area (Å²) in [5, 5.41) is 3.25. The van der Waals surface area contributed by atoms with Crippen molar-refractivity contribution in [1.82, 2.24) is 19.8 Å². The molecule has 9 nitrogen and oxygen atoms in total. The fourth-order valence-corrected chi connectivity index (χ4v) is 5.93. The molecular weight excluding hydrogens is 602 g/mol. The predicted molar refractivity (Wildman–Crippen MR) is 181 cm³/mol. The van der Waals surface area contributed by atoms with Gasteiger partial charge in [-0.25, -0.2) is 18.7 Å². The highest BCUT2D eigenvalue weighted by Crippen LogP contribution is 2.37. The van der Waals surface area contributed by atoms with E-state index in [1.165, 1.54) is 24.3 Å². The Hall–Kier alpha value is -4.77. The van der Waals surface area contributed by atoms with Gasteiger partial charge in [-0.05, 0) is 56.3 Å². The number of benzene rings is 2. The first-order valence-corrected chi connectivity index (χ1v) is 16.0. The van der Waals surface area contributed by atoms with Crippen molar-refractivity contribution in [3.8, 4) is 22.8 Å². The van der Waals surface area contributed by atoms with Crippen LogP contribution in [0.3, 0.4) is 0 Å². The van der Waals surface area contributed by atoms with E-state index in [9.17, 15) is 13.6 Å². The van der Waals surface area contributed by atoms with E-state index < -0.39 is 11.6 Å². The number of carbonyl (C=O) groups excluding carboxylic acids is 1. The van der Waals surface area contributed by atoms with Crippen molar-refractivity contribution in [2.45, 2.75) is 46.8 Å². The summed E-state index contributed by atoms with van der Waals surface area (Å²) in [5.74, 6) is -0.0367. The minimum Gasteiger partial charge on any atom is -0.497 e. The van der Waals surface area contributed by atoms with Crippen LogP contribution in [-0.2, 0) is 13.1 Å². The fourth-order valence-electron chi connectivity index (χ4n) is 5.93. The van der Waals surface area contributed by atoms with Crippen molar-refractivity contribution in [2.24, 2.45) is 0 Å². The highest BCUT2D eigenvalue weighted by atomic mass is 19.1. The van der Waals surface area contributed by atoms with Crippen molar-refractivity contribution in [3.05, 3.63) is 89.2 Å². The van der Waals surface area contributed by atoms with Crippen LogP contribution in [0.1, 0.15) is 49.3 Å². The largest absolute Gasteiger partial charge is 0.497 e. The SMILES string of the molecule is CC.COc1ccc(CN2Cc3nc(-c4c(F)cccc4F)cc(Nc4ccc(N5CCN(C(C)C)CC5)cn4)c3C2=O)c(OC)c1. The zero-order valence-corrected chi connectivity index (χ0v) is 27.8. The maximum absolute atomic E-state index is 14.9. The van der Waals surface area contributed by atoms with Crippen LogP contribution >= 0.6 is 0 Å². The van der Waals surface area contributed by atoms with Gasteiger partial charge >= 0.3 is 0 Å². The molecule has 248 valence electrons. The average molecular weight is 645 g/mol. The molecule has 2 aliphatic rings. The summed E-state index contributed by atoms with van der Waals surface area (Å²) < 4.78 is 40.6. The van der Waals surface area contributed by atoms with Gasteiger partial charge in [0.2, 0.25) is 0 Å². The number of methoxy groups -OCH3 is 2. The molecule has 0 radical (unpaired) electrons. The number of aromatic nitrogens is 2. The van der Waals surface area contributed by atoms with Crippen LogP contribution in [0, 0.1) is 11.6 Å². The summed E-state index contributed by atoms with van der Waals surface area (Å²) in [4.78, 5) is 29.4. The molecule has 0 spiro atoms. The van der Waals surface area contributed by atoms with Crippen molar-refractivity contribution in [2.75, 3.05) is 50.6 Å². The number of rotatable bonds is 9. The molecule has 2 aromatic carbocycles. The minimum atomic E-state index is -0.738. The Labute approximate surface area is 275 Å². The Morgan fingerprint density at radius 3 is 2.26 bits per heavy atom. The van der Waals surface area contributed by atoms with Gasteiger partial charge in [0.25, 0.3) is 5.91 Å². The standard InChI is InChI=1S/C34H36F2N6O3.C2H6/c1-21(2)40-12-14-41(15-13-40)23-9-11-31(37-18-23)39-28-17-27(32-25(35)6-5-7-26(32)36)38-29-20-42(34(43)33(28)29)19-22-8-10-24(44-3)16-30(22)45-4;1-2/h5-11,16-18,21H,12-15,19-20H2,1-4H3,(H,37,38,39);1-2H3. The Balaban J connectivity index is 0.00000213. The van der Waals surface area contributed by atoms with Gasteiger partial charge in [0.05, 0.1) is 67.4 Å². The van der Waals surface area contributed by atoms with E-state index in [-0.39, 0.29) is 30.3 Å². The van der Waals surface area contributed by atoms with Gasteiger partial charge in [0.15, 0.2) is 0 Å². The molecule has 1 N–H and O–H groups in total. The molecule has 47 heavy (non-hydrogen) atoms. The van der Waals surface area contributed by atoms with Crippen LogP contribution in [0.2, 0.25) is 0 Å². The van der Waals surface area contributed by atoms with Crippen molar-refractivity contribution < 1.29 is 23.0 Å². The van der Waals surface area contributed by atoms with E-state index in [1.807, 2.05) is 32.0 Å². The minimum absolute atomic E-state index is 0.0863. The summed E-state index contributed by atoms with van der Waals surface area (Å²) >= 11 is 0. The lowest BCUT2D eigenvalue weighted by Gasteiger charge is -2.38. The number of fused-ring (bicyclic) bond motifs is 1. The second-order valence-electron chi connectivity index (χ2n) is 11.5. The highest BCUT2D eigenvalue weighted by Gasteiger charge is 2.34. The molecule has 0 atom stereocenters. The van der Waals surface area contributed by atoms with Crippen LogP contribution in [0.25, 0.3) is 11.3 Å². The number of hydrogen-bond donors (Lipinski definition) is 1. The molecule has 4 aromatic rings. The van der Waals surface area contributed by atoms with Crippen LogP contribution < -0.4 is 19.7 Å². The van der Waals surface area contributed by atoms with Gasteiger partial charge in [-0.2, -0.15) is 0 Å². The second-order valence-corrected chi connectivity index (χ2v) is 11.5. The number of piperazine rings is 1. The van der Waals surface area contributed by atoms with Crippen molar-refractivity contribution >= 4 is 23.1 Å². The molecule has 2 aliphatic heterocycles. The molecular formula is C36H42F2N6O3. The Kier molecular flexibility index (Phi) is 10.6. The first kappa shape index (κ1) is 33.6. The van der Waals surface area contributed by atoms with Crippen molar-refractivity contribution in [1.29, 1.82) is 0 Å². The first-order valence-electron chi connectivity index (χ1n) is 16.0. The third-order valence-electron chi connectivity index (χ3n) is 8.43. The lowest BCUT2D eigenvalue weighted by atomic mass is 10.1. The van der Waals surface area contributed by atoms with Crippen LogP contribution in [0.5, 0.6) is 11.5 Å². The Morgan fingerprint density at radius 1 is 0.915 bits per heavy atom. The number of hydrogen-bond acceptors (Lipinski definition) is 8. The first-order chi connectivity index (χ1) is 22.7. The van der Waals surface area contributed by atoms with Gasteiger partial charge in [-0.15, -0.1) is 0 Å². The molecule has 2 aromatic heterocycles. The molecule has 6 rings (SSSR count). The fraction of sp³-hybridized carbons (Fsp3) is 0.361. The smallest absolute Gasteiger partial charge is 0.258 e.